The van der Waals surface area contributed by atoms with E-state index < -0.39 is 23.1 Å². The Kier molecular flexibility index (Phi) is 6.75. The summed E-state index contributed by atoms with van der Waals surface area (Å²) in [5.41, 5.74) is -0.569. The van der Waals surface area contributed by atoms with E-state index in [9.17, 15) is 18.7 Å². The summed E-state index contributed by atoms with van der Waals surface area (Å²) in [7, 11) is 1.68. The molecule has 4 aliphatic rings. The minimum atomic E-state index is -0.813. The van der Waals surface area contributed by atoms with Crippen LogP contribution in [-0.4, -0.2) is 36.4 Å². The number of fused-ring (bicyclic) bond motifs is 5. The number of benzene rings is 1. The van der Waals surface area contributed by atoms with Gasteiger partial charge in [0.25, 0.3) is 5.91 Å². The molecule has 4 fully saturated rings. The van der Waals surface area contributed by atoms with Gasteiger partial charge in [-0.1, -0.05) is 6.92 Å². The van der Waals surface area contributed by atoms with E-state index in [1.807, 2.05) is 0 Å². The van der Waals surface area contributed by atoms with Crippen molar-refractivity contribution in [2.45, 2.75) is 83.3 Å². The molecular formula is C29H41F2NO3. The van der Waals surface area contributed by atoms with E-state index in [1.165, 1.54) is 38.2 Å². The van der Waals surface area contributed by atoms with E-state index in [1.54, 1.807) is 7.11 Å². The smallest absolute Gasteiger partial charge is 0.254 e. The molecule has 1 amide bonds. The van der Waals surface area contributed by atoms with Crippen LogP contribution in [0.4, 0.5) is 8.78 Å². The highest BCUT2D eigenvalue weighted by Crippen LogP contribution is 2.65. The summed E-state index contributed by atoms with van der Waals surface area (Å²) < 4.78 is 32.8. The van der Waals surface area contributed by atoms with Crippen LogP contribution in [0.2, 0.25) is 0 Å². The van der Waals surface area contributed by atoms with Crippen molar-refractivity contribution >= 4 is 5.91 Å². The van der Waals surface area contributed by atoms with Gasteiger partial charge in [-0.05, 0) is 118 Å². The first kappa shape index (κ1) is 25.1. The summed E-state index contributed by atoms with van der Waals surface area (Å²) in [4.78, 5) is 12.8. The van der Waals surface area contributed by atoms with Gasteiger partial charge in [-0.3, -0.25) is 4.79 Å². The number of hydrogen-bond donors (Lipinski definition) is 2. The lowest BCUT2D eigenvalue weighted by atomic mass is 9.48. The second kappa shape index (κ2) is 9.41. The number of nitrogens with one attached hydrogen (secondary N) is 1. The molecule has 0 radical (unpaired) electrons. The average Bonchev–Trinajstić information content (AvgIpc) is 3.16. The highest BCUT2D eigenvalue weighted by molar-refractivity contribution is 5.94. The maximum absolute atomic E-state index is 14.2. The largest absolute Gasteiger partial charge is 0.387 e. The molecule has 194 valence electrons. The molecule has 0 aliphatic heterocycles. The van der Waals surface area contributed by atoms with E-state index >= 15 is 0 Å². The number of aliphatic hydroxyl groups is 1. The molecule has 0 unspecified atom stereocenters. The molecule has 35 heavy (non-hydrogen) atoms. The fourth-order valence-electron chi connectivity index (χ4n) is 9.28. The van der Waals surface area contributed by atoms with E-state index in [0.29, 0.717) is 30.3 Å². The van der Waals surface area contributed by atoms with Gasteiger partial charge in [-0.25, -0.2) is 8.78 Å². The second-order valence-corrected chi connectivity index (χ2v) is 12.5. The third kappa shape index (κ3) is 4.43. The SMILES string of the molecule is COC[C@@]1(O)CC[C@H]2[C@H](CC[C@@H]3[C@@H]2CC[C@]2(C)[C@@H]([C@H](C)NC(=O)c4ccc(F)cc4F)CC[C@@H]32)C1. The van der Waals surface area contributed by atoms with E-state index in [4.69, 9.17) is 4.74 Å². The summed E-state index contributed by atoms with van der Waals surface area (Å²) in [6.07, 6.45) is 9.94. The van der Waals surface area contributed by atoms with E-state index in [-0.39, 0.29) is 17.0 Å². The van der Waals surface area contributed by atoms with Gasteiger partial charge >= 0.3 is 0 Å². The molecule has 0 heterocycles. The van der Waals surface area contributed by atoms with Gasteiger partial charge in [0.15, 0.2) is 0 Å². The normalized spacial score (nSPS) is 41.4. The molecule has 5 rings (SSSR count). The highest BCUT2D eigenvalue weighted by Gasteiger charge is 2.58. The van der Waals surface area contributed by atoms with Crippen LogP contribution in [0, 0.1) is 52.6 Å². The van der Waals surface area contributed by atoms with Crippen LogP contribution in [-0.2, 0) is 4.74 Å². The molecule has 6 heteroatoms. The van der Waals surface area contributed by atoms with Crippen molar-refractivity contribution in [3.05, 3.63) is 35.4 Å². The van der Waals surface area contributed by atoms with Crippen molar-refractivity contribution in [1.82, 2.24) is 5.32 Å². The lowest BCUT2D eigenvalue weighted by molar-refractivity contribution is -0.125. The summed E-state index contributed by atoms with van der Waals surface area (Å²) in [6, 6.07) is 3.07. The molecule has 1 aromatic rings. The Hall–Kier alpha value is -1.53. The minimum absolute atomic E-state index is 0.0615. The Morgan fingerprint density at radius 1 is 1.11 bits per heavy atom. The first-order valence-electron chi connectivity index (χ1n) is 13.6. The molecule has 9 atom stereocenters. The monoisotopic (exact) mass is 489 g/mol. The first-order valence-corrected chi connectivity index (χ1v) is 13.6. The Labute approximate surface area is 208 Å². The molecule has 1 aromatic carbocycles. The maximum atomic E-state index is 14.2. The van der Waals surface area contributed by atoms with Gasteiger partial charge in [0.1, 0.15) is 11.6 Å². The van der Waals surface area contributed by atoms with Crippen LogP contribution in [0.1, 0.15) is 82.0 Å². The number of methoxy groups -OCH3 is 1. The number of carbonyl (C=O) groups is 1. The van der Waals surface area contributed by atoms with Crippen LogP contribution in [0.25, 0.3) is 0 Å². The van der Waals surface area contributed by atoms with E-state index in [2.05, 4.69) is 19.2 Å². The van der Waals surface area contributed by atoms with Crippen LogP contribution in [0.15, 0.2) is 18.2 Å². The molecule has 0 bridgehead atoms. The van der Waals surface area contributed by atoms with Gasteiger partial charge in [-0.2, -0.15) is 0 Å². The van der Waals surface area contributed by atoms with Crippen LogP contribution in [0.3, 0.4) is 0 Å². The number of carbonyl (C=O) groups excluding carboxylic acids is 1. The summed E-state index contributed by atoms with van der Waals surface area (Å²) in [5, 5.41) is 14.0. The van der Waals surface area contributed by atoms with Gasteiger partial charge in [0, 0.05) is 19.2 Å². The van der Waals surface area contributed by atoms with Crippen LogP contribution >= 0.6 is 0 Å². The molecule has 4 nitrogen and oxygen atoms in total. The molecule has 4 saturated carbocycles. The summed E-state index contributed by atoms with van der Waals surface area (Å²) in [5.74, 6) is 1.87. The minimum Gasteiger partial charge on any atom is -0.387 e. The Morgan fingerprint density at radius 3 is 2.63 bits per heavy atom. The van der Waals surface area contributed by atoms with E-state index in [0.717, 1.165) is 49.7 Å². The van der Waals surface area contributed by atoms with Crippen LogP contribution < -0.4 is 5.32 Å². The highest BCUT2D eigenvalue weighted by atomic mass is 19.1. The fraction of sp³-hybridized carbons (Fsp3) is 0.759. The zero-order chi connectivity index (χ0) is 25.0. The zero-order valence-corrected chi connectivity index (χ0v) is 21.4. The van der Waals surface area contributed by atoms with Crippen molar-refractivity contribution in [2.24, 2.45) is 40.9 Å². The van der Waals surface area contributed by atoms with Crippen molar-refractivity contribution in [2.75, 3.05) is 13.7 Å². The fourth-order valence-corrected chi connectivity index (χ4v) is 9.28. The molecule has 0 aromatic heterocycles. The van der Waals surface area contributed by atoms with Crippen molar-refractivity contribution in [3.8, 4) is 0 Å². The molecule has 2 N–H and O–H groups in total. The number of hydrogen-bond acceptors (Lipinski definition) is 3. The molecule has 0 spiro atoms. The van der Waals surface area contributed by atoms with Crippen molar-refractivity contribution < 1.29 is 23.4 Å². The average molecular weight is 490 g/mol. The van der Waals surface area contributed by atoms with Crippen molar-refractivity contribution in [1.29, 1.82) is 0 Å². The van der Waals surface area contributed by atoms with Gasteiger partial charge in [0.05, 0.1) is 17.8 Å². The third-order valence-corrected chi connectivity index (χ3v) is 10.7. The number of halogens is 2. The molecule has 4 aliphatic carbocycles. The topological polar surface area (TPSA) is 58.6 Å². The van der Waals surface area contributed by atoms with Crippen molar-refractivity contribution in [3.63, 3.8) is 0 Å². The summed E-state index contributed by atoms with van der Waals surface area (Å²) in [6.45, 7) is 4.92. The number of ether oxygens (including phenoxy) is 1. The Morgan fingerprint density at radius 2 is 1.89 bits per heavy atom. The lowest BCUT2D eigenvalue weighted by Crippen LogP contribution is -2.53. The predicted octanol–water partition coefficient (Wildman–Crippen LogP) is 5.73. The molecular weight excluding hydrogens is 448 g/mol. The number of rotatable bonds is 5. The van der Waals surface area contributed by atoms with Gasteiger partial charge < -0.3 is 15.2 Å². The van der Waals surface area contributed by atoms with Gasteiger partial charge in [-0.15, -0.1) is 0 Å². The number of amides is 1. The van der Waals surface area contributed by atoms with Gasteiger partial charge in [0.2, 0.25) is 0 Å². The van der Waals surface area contributed by atoms with Crippen LogP contribution in [0.5, 0.6) is 0 Å². The summed E-state index contributed by atoms with van der Waals surface area (Å²) >= 11 is 0. The Bertz CT molecular complexity index is 956. The standard InChI is InChI=1S/C29H41F2NO3/c1-17(32-27(33)23-7-5-19(30)14-26(23)31)24-8-9-25-22-6-4-18-15-29(34,16-35-3)13-11-20(18)21(22)10-12-28(24,25)2/h5,7,14,17-18,20-22,24-25,34H,4,6,8-13,15-16H2,1-3H3,(H,32,33)/t17-,18+,20-,21+,22+,24+,25-,28+,29+/m0/s1. The second-order valence-electron chi connectivity index (χ2n) is 12.5. The maximum Gasteiger partial charge on any atom is 0.254 e. The Balaban J connectivity index is 1.26. The first-order chi connectivity index (χ1) is 16.6. The third-order valence-electron chi connectivity index (χ3n) is 10.7. The lowest BCUT2D eigenvalue weighted by Gasteiger charge is -2.57. The quantitative estimate of drug-likeness (QED) is 0.555. The molecule has 0 saturated heterocycles. The zero-order valence-electron chi connectivity index (χ0n) is 21.4. The predicted molar refractivity (Wildman–Crippen MR) is 131 cm³/mol.